The van der Waals surface area contributed by atoms with Crippen LogP contribution >= 0.6 is 15.9 Å². The molecule has 4 nitrogen and oxygen atoms in total. The monoisotopic (exact) mass is 351 g/mol. The van der Waals surface area contributed by atoms with Crippen LogP contribution in [0.15, 0.2) is 40.9 Å². The molecule has 0 aliphatic carbocycles. The highest BCUT2D eigenvalue weighted by Gasteiger charge is 2.18. The van der Waals surface area contributed by atoms with Crippen molar-refractivity contribution in [2.45, 2.75) is 6.92 Å². The molecule has 6 heteroatoms. The third-order valence-electron chi connectivity index (χ3n) is 2.85. The normalized spacial score (nSPS) is 10.2. The SMILES string of the molecule is Cc1ccc(C(=O)Nc2c(Br)cccc2C(=O)O)c(F)c1. The van der Waals surface area contributed by atoms with Crippen molar-refractivity contribution in [3.05, 3.63) is 63.4 Å². The molecular formula is C15H11BrFNO3. The third-order valence-corrected chi connectivity index (χ3v) is 3.51. The summed E-state index contributed by atoms with van der Waals surface area (Å²) in [6.45, 7) is 1.71. The smallest absolute Gasteiger partial charge is 0.337 e. The number of benzene rings is 2. The van der Waals surface area contributed by atoms with Crippen LogP contribution in [0.3, 0.4) is 0 Å². The van der Waals surface area contributed by atoms with Gasteiger partial charge in [0.15, 0.2) is 0 Å². The van der Waals surface area contributed by atoms with E-state index in [0.717, 1.165) is 0 Å². The second kappa shape index (κ2) is 6.05. The lowest BCUT2D eigenvalue weighted by atomic mass is 10.1. The zero-order chi connectivity index (χ0) is 15.6. The number of carbonyl (C=O) groups excluding carboxylic acids is 1. The Bertz CT molecular complexity index is 731. The third kappa shape index (κ3) is 3.28. The molecule has 0 fully saturated rings. The number of hydrogen-bond donors (Lipinski definition) is 2. The number of carboxylic acid groups (broad SMARTS) is 1. The number of aryl methyl sites for hydroxylation is 1. The van der Waals surface area contributed by atoms with Crippen LogP contribution in [0.25, 0.3) is 0 Å². The first-order valence-corrected chi connectivity index (χ1v) is 6.78. The Kier molecular flexibility index (Phi) is 4.37. The molecule has 2 aromatic carbocycles. The predicted molar refractivity (Wildman–Crippen MR) is 80.2 cm³/mol. The van der Waals surface area contributed by atoms with E-state index in [1.54, 1.807) is 19.1 Å². The first-order chi connectivity index (χ1) is 9.90. The van der Waals surface area contributed by atoms with Crippen molar-refractivity contribution in [2.75, 3.05) is 5.32 Å². The van der Waals surface area contributed by atoms with Crippen molar-refractivity contribution in [2.24, 2.45) is 0 Å². The zero-order valence-corrected chi connectivity index (χ0v) is 12.6. The van der Waals surface area contributed by atoms with Crippen molar-refractivity contribution >= 4 is 33.5 Å². The van der Waals surface area contributed by atoms with Crippen molar-refractivity contribution in [1.82, 2.24) is 0 Å². The molecule has 0 atom stereocenters. The molecule has 0 spiro atoms. The van der Waals surface area contributed by atoms with Gasteiger partial charge < -0.3 is 10.4 Å². The largest absolute Gasteiger partial charge is 0.478 e. The number of anilines is 1. The minimum Gasteiger partial charge on any atom is -0.478 e. The number of carbonyl (C=O) groups is 2. The van der Waals surface area contributed by atoms with Gasteiger partial charge in [0, 0.05) is 4.47 Å². The van der Waals surface area contributed by atoms with Gasteiger partial charge >= 0.3 is 5.97 Å². The lowest BCUT2D eigenvalue weighted by Crippen LogP contribution is -2.16. The molecule has 0 bridgehead atoms. The molecule has 0 aliphatic rings. The second-order valence-corrected chi connectivity index (χ2v) is 5.26. The van der Waals surface area contributed by atoms with E-state index >= 15 is 0 Å². The van der Waals surface area contributed by atoms with Crippen molar-refractivity contribution < 1.29 is 19.1 Å². The summed E-state index contributed by atoms with van der Waals surface area (Å²) in [5.41, 5.74) is 0.559. The maximum Gasteiger partial charge on any atom is 0.337 e. The lowest BCUT2D eigenvalue weighted by Gasteiger charge is -2.11. The van der Waals surface area contributed by atoms with Crippen molar-refractivity contribution in [1.29, 1.82) is 0 Å². The molecule has 0 aromatic heterocycles. The summed E-state index contributed by atoms with van der Waals surface area (Å²) in [5, 5.41) is 11.5. The van der Waals surface area contributed by atoms with Crippen LogP contribution in [-0.2, 0) is 0 Å². The number of nitrogens with one attached hydrogen (secondary N) is 1. The van der Waals surface area contributed by atoms with Crippen LogP contribution in [0.2, 0.25) is 0 Å². The summed E-state index contributed by atoms with van der Waals surface area (Å²) in [6.07, 6.45) is 0. The quantitative estimate of drug-likeness (QED) is 0.882. The standard InChI is InChI=1S/C15H11BrFNO3/c1-8-5-6-9(12(17)7-8)14(19)18-13-10(15(20)21)3-2-4-11(13)16/h2-7H,1H3,(H,18,19)(H,20,21). The Balaban J connectivity index is 2.38. The average Bonchev–Trinajstić information content (AvgIpc) is 2.40. The maximum absolute atomic E-state index is 13.8. The van der Waals surface area contributed by atoms with Gasteiger partial charge in [-0.25, -0.2) is 9.18 Å². The molecule has 0 radical (unpaired) electrons. The van der Waals surface area contributed by atoms with E-state index in [-0.39, 0.29) is 16.8 Å². The topological polar surface area (TPSA) is 66.4 Å². The first-order valence-electron chi connectivity index (χ1n) is 5.99. The molecule has 0 saturated carbocycles. The number of halogens is 2. The van der Waals surface area contributed by atoms with Gasteiger partial charge in [-0.3, -0.25) is 4.79 Å². The predicted octanol–water partition coefficient (Wildman–Crippen LogP) is 3.85. The van der Waals surface area contributed by atoms with E-state index in [1.807, 2.05) is 0 Å². The summed E-state index contributed by atoms with van der Waals surface area (Å²) in [4.78, 5) is 23.3. The highest BCUT2D eigenvalue weighted by molar-refractivity contribution is 9.10. The molecule has 2 aromatic rings. The fourth-order valence-electron chi connectivity index (χ4n) is 1.81. The minimum absolute atomic E-state index is 0.0785. The van der Waals surface area contributed by atoms with Gasteiger partial charge in [0.05, 0.1) is 16.8 Å². The molecule has 0 saturated heterocycles. The molecule has 0 heterocycles. The lowest BCUT2D eigenvalue weighted by molar-refractivity contribution is 0.0698. The number of hydrogen-bond acceptors (Lipinski definition) is 2. The number of aromatic carboxylic acids is 1. The molecule has 108 valence electrons. The van der Waals surface area contributed by atoms with E-state index in [4.69, 9.17) is 5.11 Å². The Labute approximate surface area is 128 Å². The van der Waals surface area contributed by atoms with Crippen LogP contribution in [0.5, 0.6) is 0 Å². The summed E-state index contributed by atoms with van der Waals surface area (Å²) in [5.74, 6) is -2.55. The summed E-state index contributed by atoms with van der Waals surface area (Å²) >= 11 is 3.17. The van der Waals surface area contributed by atoms with E-state index in [0.29, 0.717) is 10.0 Å². The fourth-order valence-corrected chi connectivity index (χ4v) is 2.28. The van der Waals surface area contributed by atoms with Gasteiger partial charge in [0.2, 0.25) is 0 Å². The molecule has 2 rings (SSSR count). The van der Waals surface area contributed by atoms with Crippen LogP contribution < -0.4 is 5.32 Å². The van der Waals surface area contributed by atoms with Gasteiger partial charge in [-0.1, -0.05) is 12.1 Å². The Hall–Kier alpha value is -2.21. The van der Waals surface area contributed by atoms with Crippen molar-refractivity contribution in [3.63, 3.8) is 0 Å². The zero-order valence-electron chi connectivity index (χ0n) is 11.0. The Morgan fingerprint density at radius 2 is 1.90 bits per heavy atom. The molecule has 0 unspecified atom stereocenters. The van der Waals surface area contributed by atoms with E-state index in [9.17, 15) is 14.0 Å². The van der Waals surface area contributed by atoms with Crippen LogP contribution in [-0.4, -0.2) is 17.0 Å². The summed E-state index contributed by atoms with van der Waals surface area (Å²) in [6, 6.07) is 8.69. The number of para-hydroxylation sites is 1. The van der Waals surface area contributed by atoms with E-state index in [1.165, 1.54) is 24.3 Å². The second-order valence-electron chi connectivity index (χ2n) is 4.40. The first kappa shape index (κ1) is 15.2. The van der Waals surface area contributed by atoms with E-state index < -0.39 is 17.7 Å². The van der Waals surface area contributed by atoms with Gasteiger partial charge in [0.25, 0.3) is 5.91 Å². The van der Waals surface area contributed by atoms with Gasteiger partial charge in [-0.15, -0.1) is 0 Å². The average molecular weight is 352 g/mol. The molecule has 21 heavy (non-hydrogen) atoms. The van der Waals surface area contributed by atoms with Gasteiger partial charge in [0.1, 0.15) is 5.82 Å². The summed E-state index contributed by atoms with van der Waals surface area (Å²) < 4.78 is 14.2. The van der Waals surface area contributed by atoms with Crippen LogP contribution in [0, 0.1) is 12.7 Å². The molecule has 1 amide bonds. The van der Waals surface area contributed by atoms with Crippen molar-refractivity contribution in [3.8, 4) is 0 Å². The van der Waals surface area contributed by atoms with E-state index in [2.05, 4.69) is 21.2 Å². The minimum atomic E-state index is -1.18. The fraction of sp³-hybridized carbons (Fsp3) is 0.0667. The summed E-state index contributed by atoms with van der Waals surface area (Å²) in [7, 11) is 0. The Morgan fingerprint density at radius 1 is 1.19 bits per heavy atom. The van der Waals surface area contributed by atoms with Gasteiger partial charge in [-0.2, -0.15) is 0 Å². The van der Waals surface area contributed by atoms with Gasteiger partial charge in [-0.05, 0) is 52.7 Å². The highest BCUT2D eigenvalue weighted by Crippen LogP contribution is 2.27. The highest BCUT2D eigenvalue weighted by atomic mass is 79.9. The molecule has 2 N–H and O–H groups in total. The maximum atomic E-state index is 13.8. The van der Waals surface area contributed by atoms with Crippen LogP contribution in [0.4, 0.5) is 10.1 Å². The number of carboxylic acids is 1. The number of amides is 1. The molecular weight excluding hydrogens is 341 g/mol. The van der Waals surface area contributed by atoms with Crippen LogP contribution in [0.1, 0.15) is 26.3 Å². The number of rotatable bonds is 3. The molecule has 0 aliphatic heterocycles. The Morgan fingerprint density at radius 3 is 2.52 bits per heavy atom.